The molecule has 8 heteroatoms. The van der Waals surface area contributed by atoms with Crippen LogP contribution in [0.25, 0.3) is 10.8 Å². The number of carbonyl (C=O) groups is 2. The Morgan fingerprint density at radius 2 is 1.64 bits per heavy atom. The van der Waals surface area contributed by atoms with Gasteiger partial charge in [-0.3, -0.25) is 20.2 Å². The number of nitrogens with zero attached hydrogens (tertiary/aromatic N) is 3. The number of nitrogen functional groups attached to an aromatic ring is 1. The molecule has 0 spiro atoms. The number of aromatic nitrogens is 3. The van der Waals surface area contributed by atoms with Crippen LogP contribution in [0.4, 0.5) is 17.8 Å². The van der Waals surface area contributed by atoms with Crippen LogP contribution in [-0.4, -0.2) is 26.8 Å². The lowest BCUT2D eigenvalue weighted by atomic mass is 10.0. The monoisotopic (exact) mass is 336 g/mol. The van der Waals surface area contributed by atoms with E-state index in [2.05, 4.69) is 25.6 Å². The number of rotatable bonds is 4. The molecule has 0 unspecified atom stereocenters. The molecule has 25 heavy (non-hydrogen) atoms. The van der Waals surface area contributed by atoms with E-state index >= 15 is 0 Å². The van der Waals surface area contributed by atoms with Crippen LogP contribution in [0, 0.1) is 0 Å². The van der Waals surface area contributed by atoms with Gasteiger partial charge in [0.05, 0.1) is 6.42 Å². The summed E-state index contributed by atoms with van der Waals surface area (Å²) < 4.78 is 0. The highest BCUT2D eigenvalue weighted by Crippen LogP contribution is 2.19. The fourth-order valence-corrected chi connectivity index (χ4v) is 2.45. The molecule has 0 radical (unpaired) electrons. The second kappa shape index (κ2) is 6.91. The van der Waals surface area contributed by atoms with Gasteiger partial charge in [-0.1, -0.05) is 42.5 Å². The Morgan fingerprint density at radius 3 is 2.40 bits per heavy atom. The first-order valence-corrected chi connectivity index (χ1v) is 7.57. The van der Waals surface area contributed by atoms with Gasteiger partial charge in [0.25, 0.3) is 0 Å². The van der Waals surface area contributed by atoms with Gasteiger partial charge in [-0.05, 0) is 16.3 Å². The minimum Gasteiger partial charge on any atom is -0.368 e. The summed E-state index contributed by atoms with van der Waals surface area (Å²) in [4.78, 5) is 35.0. The lowest BCUT2D eigenvalue weighted by Gasteiger charge is -2.08. The van der Waals surface area contributed by atoms with Crippen LogP contribution in [0.1, 0.15) is 12.5 Å². The average molecular weight is 336 g/mol. The average Bonchev–Trinajstić information content (AvgIpc) is 2.54. The number of carbonyl (C=O) groups excluding carboxylic acids is 2. The molecule has 2 amide bonds. The molecule has 1 heterocycles. The maximum absolute atomic E-state index is 12.3. The highest BCUT2D eigenvalue weighted by Gasteiger charge is 2.11. The highest BCUT2D eigenvalue weighted by atomic mass is 16.2. The van der Waals surface area contributed by atoms with Crippen LogP contribution < -0.4 is 16.4 Å². The number of nitrogens with two attached hydrogens (primary N) is 1. The third-order valence-electron chi connectivity index (χ3n) is 3.42. The molecule has 0 atom stereocenters. The Balaban J connectivity index is 1.78. The number of benzene rings is 2. The van der Waals surface area contributed by atoms with Gasteiger partial charge in [0.15, 0.2) is 0 Å². The molecule has 0 bridgehead atoms. The Kier molecular flexibility index (Phi) is 4.51. The minimum absolute atomic E-state index is 0.0125. The van der Waals surface area contributed by atoms with Crippen LogP contribution in [0.2, 0.25) is 0 Å². The zero-order valence-electron chi connectivity index (χ0n) is 13.5. The van der Waals surface area contributed by atoms with Gasteiger partial charge < -0.3 is 5.73 Å². The molecule has 8 nitrogen and oxygen atoms in total. The van der Waals surface area contributed by atoms with E-state index in [0.29, 0.717) is 0 Å². The molecule has 0 fully saturated rings. The Bertz CT molecular complexity index is 952. The lowest BCUT2D eigenvalue weighted by Crippen LogP contribution is -2.19. The molecule has 1 aromatic heterocycles. The Labute approximate surface area is 143 Å². The topological polar surface area (TPSA) is 123 Å². The molecule has 0 aliphatic carbocycles. The van der Waals surface area contributed by atoms with Crippen molar-refractivity contribution in [2.45, 2.75) is 13.3 Å². The number of nitrogens with one attached hydrogen (secondary N) is 2. The van der Waals surface area contributed by atoms with Gasteiger partial charge in [0.2, 0.25) is 29.7 Å². The van der Waals surface area contributed by atoms with Crippen molar-refractivity contribution in [2.24, 2.45) is 0 Å². The molecular formula is C17H16N6O2. The van der Waals surface area contributed by atoms with Crippen LogP contribution in [0.15, 0.2) is 42.5 Å². The summed E-state index contributed by atoms with van der Waals surface area (Å²) in [7, 11) is 0. The molecule has 3 aromatic rings. The van der Waals surface area contributed by atoms with Crippen molar-refractivity contribution in [3.05, 3.63) is 48.0 Å². The molecule has 0 aliphatic rings. The first-order chi connectivity index (χ1) is 12.0. The normalized spacial score (nSPS) is 10.4. The second-order valence-corrected chi connectivity index (χ2v) is 5.39. The van der Waals surface area contributed by atoms with E-state index in [4.69, 9.17) is 5.73 Å². The fourth-order valence-electron chi connectivity index (χ4n) is 2.45. The van der Waals surface area contributed by atoms with E-state index in [1.54, 1.807) is 0 Å². The molecule has 2 aromatic carbocycles. The Hall–Kier alpha value is -3.55. The summed E-state index contributed by atoms with van der Waals surface area (Å²) in [6.07, 6.45) is 0.155. The summed E-state index contributed by atoms with van der Waals surface area (Å²) in [6, 6.07) is 13.6. The second-order valence-electron chi connectivity index (χ2n) is 5.39. The number of amides is 2. The molecule has 0 aliphatic heterocycles. The predicted molar refractivity (Wildman–Crippen MR) is 94.8 cm³/mol. The van der Waals surface area contributed by atoms with E-state index in [-0.39, 0.29) is 36.1 Å². The summed E-state index contributed by atoms with van der Waals surface area (Å²) in [5.74, 6) is -0.768. The van der Waals surface area contributed by atoms with Crippen molar-refractivity contribution in [2.75, 3.05) is 16.4 Å². The predicted octanol–water partition coefficient (Wildman–Crippen LogP) is 1.75. The van der Waals surface area contributed by atoms with Gasteiger partial charge in [-0.2, -0.15) is 15.0 Å². The zero-order chi connectivity index (χ0) is 17.8. The number of fused-ring (bicyclic) bond motifs is 1. The first kappa shape index (κ1) is 16.3. The van der Waals surface area contributed by atoms with Crippen molar-refractivity contribution in [3.63, 3.8) is 0 Å². The molecule has 3 rings (SSSR count). The summed E-state index contributed by atoms with van der Waals surface area (Å²) in [5, 5.41) is 7.05. The lowest BCUT2D eigenvalue weighted by molar-refractivity contribution is -0.116. The molecule has 126 valence electrons. The molecular weight excluding hydrogens is 320 g/mol. The van der Waals surface area contributed by atoms with Crippen LogP contribution in [0.3, 0.4) is 0 Å². The number of anilines is 3. The summed E-state index contributed by atoms with van der Waals surface area (Å²) in [6.45, 7) is 1.32. The van der Waals surface area contributed by atoms with Crippen LogP contribution >= 0.6 is 0 Å². The van der Waals surface area contributed by atoms with Crippen LogP contribution in [-0.2, 0) is 16.0 Å². The largest absolute Gasteiger partial charge is 0.368 e. The van der Waals surface area contributed by atoms with Gasteiger partial charge in [0, 0.05) is 6.92 Å². The fraction of sp³-hybridized carbons (Fsp3) is 0.118. The maximum Gasteiger partial charge on any atom is 0.236 e. The summed E-state index contributed by atoms with van der Waals surface area (Å²) >= 11 is 0. The Morgan fingerprint density at radius 1 is 0.960 bits per heavy atom. The van der Waals surface area contributed by atoms with Crippen molar-refractivity contribution in [1.29, 1.82) is 0 Å². The van der Waals surface area contributed by atoms with Gasteiger partial charge in [-0.25, -0.2) is 0 Å². The van der Waals surface area contributed by atoms with Gasteiger partial charge in [-0.15, -0.1) is 0 Å². The third kappa shape index (κ3) is 4.05. The smallest absolute Gasteiger partial charge is 0.236 e. The van der Waals surface area contributed by atoms with E-state index in [1.807, 2.05) is 42.5 Å². The minimum atomic E-state index is -0.348. The maximum atomic E-state index is 12.3. The standard InChI is InChI=1S/C17H16N6O2/c1-10(24)19-16-21-15(18)22-17(23-16)20-14(25)9-12-7-4-6-11-5-2-3-8-13(11)12/h2-8H,9H2,1H3,(H4,18,19,20,21,22,23,24,25). The quantitative estimate of drug-likeness (QED) is 0.667. The van der Waals surface area contributed by atoms with Crippen LogP contribution in [0.5, 0.6) is 0 Å². The highest BCUT2D eigenvalue weighted by molar-refractivity contribution is 5.95. The van der Waals surface area contributed by atoms with Crippen molar-refractivity contribution < 1.29 is 9.59 Å². The van der Waals surface area contributed by atoms with E-state index in [9.17, 15) is 9.59 Å². The number of hydrogen-bond acceptors (Lipinski definition) is 6. The van der Waals surface area contributed by atoms with E-state index in [0.717, 1.165) is 16.3 Å². The van der Waals surface area contributed by atoms with Gasteiger partial charge >= 0.3 is 0 Å². The van der Waals surface area contributed by atoms with Crippen molar-refractivity contribution in [3.8, 4) is 0 Å². The van der Waals surface area contributed by atoms with E-state index in [1.165, 1.54) is 6.92 Å². The van der Waals surface area contributed by atoms with Gasteiger partial charge in [0.1, 0.15) is 0 Å². The first-order valence-electron chi connectivity index (χ1n) is 7.57. The third-order valence-corrected chi connectivity index (χ3v) is 3.42. The van der Waals surface area contributed by atoms with Crippen molar-refractivity contribution in [1.82, 2.24) is 15.0 Å². The van der Waals surface area contributed by atoms with E-state index < -0.39 is 0 Å². The van der Waals surface area contributed by atoms with Crippen molar-refractivity contribution >= 4 is 40.4 Å². The summed E-state index contributed by atoms with van der Waals surface area (Å²) in [5.41, 5.74) is 6.46. The molecule has 0 saturated carbocycles. The number of hydrogen-bond donors (Lipinski definition) is 3. The SMILES string of the molecule is CC(=O)Nc1nc(N)nc(NC(=O)Cc2cccc3ccccc23)n1. The molecule has 0 saturated heterocycles. The molecule has 4 N–H and O–H groups in total. The zero-order valence-corrected chi connectivity index (χ0v) is 13.5.